The number of carbonyl (C=O) groups is 2. The number of hydrogen-bond donors (Lipinski definition) is 0. The van der Waals surface area contributed by atoms with Gasteiger partial charge in [0, 0.05) is 4.47 Å². The van der Waals surface area contributed by atoms with Crippen LogP contribution in [0.2, 0.25) is 0 Å². The lowest BCUT2D eigenvalue weighted by atomic mass is 9.81. The van der Waals surface area contributed by atoms with Gasteiger partial charge in [-0.3, -0.25) is 9.59 Å². The van der Waals surface area contributed by atoms with Crippen LogP contribution in [0.1, 0.15) is 31.2 Å². The molecule has 0 bridgehead atoms. The van der Waals surface area contributed by atoms with E-state index in [1.54, 1.807) is 0 Å². The van der Waals surface area contributed by atoms with E-state index in [-0.39, 0.29) is 23.7 Å². The average Bonchev–Trinajstić information content (AvgIpc) is 2.67. The van der Waals surface area contributed by atoms with Gasteiger partial charge in [0.25, 0.3) is 0 Å². The molecule has 2 unspecified atom stereocenters. The predicted molar refractivity (Wildman–Crippen MR) is 76.8 cm³/mol. The SMILES string of the molecule is Cc1cccc(N2C(=O)C3CCCCC3C2=O)c1Br. The van der Waals surface area contributed by atoms with Crippen LogP contribution in [0.4, 0.5) is 5.69 Å². The molecule has 0 radical (unpaired) electrons. The van der Waals surface area contributed by atoms with Crippen molar-refractivity contribution >= 4 is 33.4 Å². The van der Waals surface area contributed by atoms with E-state index in [0.717, 1.165) is 35.7 Å². The number of benzene rings is 1. The van der Waals surface area contributed by atoms with Gasteiger partial charge in [-0.1, -0.05) is 25.0 Å². The second kappa shape index (κ2) is 4.75. The Morgan fingerprint density at radius 1 is 1.11 bits per heavy atom. The maximum Gasteiger partial charge on any atom is 0.237 e. The van der Waals surface area contributed by atoms with Gasteiger partial charge >= 0.3 is 0 Å². The van der Waals surface area contributed by atoms with E-state index in [4.69, 9.17) is 0 Å². The molecule has 0 spiro atoms. The van der Waals surface area contributed by atoms with Crippen molar-refractivity contribution in [2.45, 2.75) is 32.6 Å². The first kappa shape index (κ1) is 12.9. The zero-order valence-electron chi connectivity index (χ0n) is 10.9. The number of nitrogens with zero attached hydrogens (tertiary/aromatic N) is 1. The van der Waals surface area contributed by atoms with Gasteiger partial charge in [-0.2, -0.15) is 0 Å². The van der Waals surface area contributed by atoms with Gasteiger partial charge in [0.2, 0.25) is 11.8 Å². The van der Waals surface area contributed by atoms with Crippen LogP contribution in [-0.4, -0.2) is 11.8 Å². The molecule has 2 atom stereocenters. The Morgan fingerprint density at radius 2 is 1.68 bits per heavy atom. The summed E-state index contributed by atoms with van der Waals surface area (Å²) in [6, 6.07) is 5.69. The molecule has 2 amide bonds. The molecule has 1 aromatic rings. The topological polar surface area (TPSA) is 37.4 Å². The minimum Gasteiger partial charge on any atom is -0.274 e. The van der Waals surface area contributed by atoms with Gasteiger partial charge in [0.15, 0.2) is 0 Å². The van der Waals surface area contributed by atoms with Crippen molar-refractivity contribution in [2.24, 2.45) is 11.8 Å². The second-order valence-electron chi connectivity index (χ2n) is 5.42. The number of anilines is 1. The average molecular weight is 322 g/mol. The Hall–Kier alpha value is -1.16. The molecule has 2 aliphatic rings. The summed E-state index contributed by atoms with van der Waals surface area (Å²) in [5.74, 6) is -0.204. The van der Waals surface area contributed by atoms with E-state index < -0.39 is 0 Å². The van der Waals surface area contributed by atoms with Crippen LogP contribution in [0.3, 0.4) is 0 Å². The molecule has 1 saturated carbocycles. The summed E-state index contributed by atoms with van der Waals surface area (Å²) in [6.07, 6.45) is 3.83. The Labute approximate surface area is 121 Å². The monoisotopic (exact) mass is 321 g/mol. The molecule has 19 heavy (non-hydrogen) atoms. The second-order valence-corrected chi connectivity index (χ2v) is 6.21. The van der Waals surface area contributed by atoms with E-state index in [0.29, 0.717) is 5.69 Å². The highest BCUT2D eigenvalue weighted by atomic mass is 79.9. The molecule has 1 aliphatic carbocycles. The molecular formula is C15H16BrNO2. The molecule has 1 saturated heterocycles. The molecular weight excluding hydrogens is 306 g/mol. The highest BCUT2D eigenvalue weighted by Gasteiger charge is 2.49. The number of hydrogen-bond acceptors (Lipinski definition) is 2. The largest absolute Gasteiger partial charge is 0.274 e. The van der Waals surface area contributed by atoms with Gasteiger partial charge in [0.1, 0.15) is 0 Å². The number of carbonyl (C=O) groups excluding carboxylic acids is 2. The van der Waals surface area contributed by atoms with Crippen molar-refractivity contribution in [1.29, 1.82) is 0 Å². The fourth-order valence-electron chi connectivity index (χ4n) is 3.20. The van der Waals surface area contributed by atoms with Crippen LogP contribution in [-0.2, 0) is 9.59 Å². The summed E-state index contributed by atoms with van der Waals surface area (Å²) in [6.45, 7) is 1.96. The normalized spacial score (nSPS) is 26.7. The zero-order valence-corrected chi connectivity index (χ0v) is 12.4. The molecule has 2 fully saturated rings. The smallest absolute Gasteiger partial charge is 0.237 e. The van der Waals surface area contributed by atoms with Gasteiger partial charge in [-0.05, 0) is 47.3 Å². The molecule has 1 aliphatic heterocycles. The van der Waals surface area contributed by atoms with Crippen molar-refractivity contribution in [3.8, 4) is 0 Å². The molecule has 1 aromatic carbocycles. The van der Waals surface area contributed by atoms with Gasteiger partial charge in [-0.15, -0.1) is 0 Å². The van der Waals surface area contributed by atoms with Crippen LogP contribution in [0.15, 0.2) is 22.7 Å². The summed E-state index contributed by atoms with van der Waals surface area (Å²) in [7, 11) is 0. The molecule has 1 heterocycles. The van der Waals surface area contributed by atoms with Crippen molar-refractivity contribution in [3.05, 3.63) is 28.2 Å². The van der Waals surface area contributed by atoms with Crippen LogP contribution >= 0.6 is 15.9 Å². The third kappa shape index (κ3) is 1.93. The predicted octanol–water partition coefficient (Wildman–Crippen LogP) is 3.44. The van der Waals surface area contributed by atoms with Gasteiger partial charge in [0.05, 0.1) is 17.5 Å². The summed E-state index contributed by atoms with van der Waals surface area (Å²) in [5, 5.41) is 0. The van der Waals surface area contributed by atoms with E-state index >= 15 is 0 Å². The summed E-state index contributed by atoms with van der Waals surface area (Å²) < 4.78 is 0.843. The first-order valence-electron chi connectivity index (χ1n) is 6.74. The van der Waals surface area contributed by atoms with Gasteiger partial charge in [-0.25, -0.2) is 4.90 Å². The lowest BCUT2D eigenvalue weighted by molar-refractivity contribution is -0.122. The summed E-state index contributed by atoms with van der Waals surface area (Å²) in [5.41, 5.74) is 1.73. The number of halogens is 1. The minimum absolute atomic E-state index is 0.0130. The minimum atomic E-state index is -0.0892. The zero-order chi connectivity index (χ0) is 13.6. The molecule has 0 N–H and O–H groups in total. The van der Waals surface area contributed by atoms with Crippen LogP contribution in [0.25, 0.3) is 0 Å². The fourth-order valence-corrected chi connectivity index (χ4v) is 3.65. The first-order valence-corrected chi connectivity index (χ1v) is 7.53. The van der Waals surface area contributed by atoms with Crippen molar-refractivity contribution < 1.29 is 9.59 Å². The molecule has 0 aromatic heterocycles. The fraction of sp³-hybridized carbons (Fsp3) is 0.467. The number of amides is 2. The summed E-state index contributed by atoms with van der Waals surface area (Å²) in [4.78, 5) is 26.4. The highest BCUT2D eigenvalue weighted by molar-refractivity contribution is 9.10. The third-order valence-corrected chi connectivity index (χ3v) is 5.29. The standard InChI is InChI=1S/C15H16BrNO2/c1-9-5-4-8-12(13(9)16)17-14(18)10-6-2-3-7-11(10)15(17)19/h4-5,8,10-11H,2-3,6-7H2,1H3. The lowest BCUT2D eigenvalue weighted by Crippen LogP contribution is -2.31. The van der Waals surface area contributed by atoms with Crippen molar-refractivity contribution in [2.75, 3.05) is 4.90 Å². The number of rotatable bonds is 1. The summed E-state index contributed by atoms with van der Waals surface area (Å²) >= 11 is 3.50. The maximum absolute atomic E-state index is 12.5. The van der Waals surface area contributed by atoms with E-state index in [2.05, 4.69) is 15.9 Å². The number of fused-ring (bicyclic) bond motifs is 1. The van der Waals surface area contributed by atoms with Crippen LogP contribution in [0, 0.1) is 18.8 Å². The Balaban J connectivity index is 2.03. The van der Waals surface area contributed by atoms with Crippen LogP contribution < -0.4 is 4.90 Å². The molecule has 100 valence electrons. The van der Waals surface area contributed by atoms with Crippen molar-refractivity contribution in [1.82, 2.24) is 0 Å². The number of aryl methyl sites for hydroxylation is 1. The maximum atomic E-state index is 12.5. The van der Waals surface area contributed by atoms with E-state index in [9.17, 15) is 9.59 Å². The highest BCUT2D eigenvalue weighted by Crippen LogP contribution is 2.42. The Bertz CT molecular complexity index is 531. The molecule has 3 rings (SSSR count). The first-order chi connectivity index (χ1) is 9.11. The van der Waals surface area contributed by atoms with E-state index in [1.165, 1.54) is 4.90 Å². The van der Waals surface area contributed by atoms with Gasteiger partial charge < -0.3 is 0 Å². The molecule has 3 nitrogen and oxygen atoms in total. The Kier molecular flexibility index (Phi) is 3.21. The number of imide groups is 1. The lowest BCUT2D eigenvalue weighted by Gasteiger charge is -2.19. The van der Waals surface area contributed by atoms with Crippen molar-refractivity contribution in [3.63, 3.8) is 0 Å². The van der Waals surface area contributed by atoms with E-state index in [1.807, 2.05) is 25.1 Å². The molecule has 4 heteroatoms. The quantitative estimate of drug-likeness (QED) is 0.743. The third-order valence-electron chi connectivity index (χ3n) is 4.25. The Morgan fingerprint density at radius 3 is 2.26 bits per heavy atom. The van der Waals surface area contributed by atoms with Crippen LogP contribution in [0.5, 0.6) is 0 Å².